The van der Waals surface area contributed by atoms with Gasteiger partial charge >= 0.3 is 6.09 Å². The van der Waals surface area contributed by atoms with Gasteiger partial charge in [-0.25, -0.2) is 9.78 Å². The molecule has 2 fully saturated rings. The molecule has 53 heavy (non-hydrogen) atoms. The second-order valence-electron chi connectivity index (χ2n) is 13.6. The summed E-state index contributed by atoms with van der Waals surface area (Å²) in [6.45, 7) is 4.71. The van der Waals surface area contributed by atoms with Crippen LogP contribution in [0.1, 0.15) is 48.3 Å². The fourth-order valence-corrected chi connectivity index (χ4v) is 7.93. The number of carbonyl (C=O) groups excluding carboxylic acids is 2. The lowest BCUT2D eigenvalue weighted by Gasteiger charge is -2.40. The van der Waals surface area contributed by atoms with Crippen molar-refractivity contribution >= 4 is 63.2 Å². The number of hydrogen-bond acceptors (Lipinski definition) is 6. The van der Waals surface area contributed by atoms with Crippen LogP contribution >= 0.6 is 23.2 Å². The molecule has 0 spiro atoms. The number of nitrogens with zero attached hydrogens (tertiary/aromatic N) is 4. The van der Waals surface area contributed by atoms with E-state index in [-0.39, 0.29) is 24.1 Å². The first-order valence-corrected chi connectivity index (χ1v) is 18.6. The molecule has 8 rings (SSSR count). The summed E-state index contributed by atoms with van der Waals surface area (Å²) in [5.41, 5.74) is 13.6. The van der Waals surface area contributed by atoms with E-state index in [4.69, 9.17) is 38.7 Å². The molecule has 4 heterocycles. The van der Waals surface area contributed by atoms with E-state index in [1.54, 1.807) is 6.07 Å². The van der Waals surface area contributed by atoms with Gasteiger partial charge in [-0.15, -0.1) is 0 Å². The lowest BCUT2D eigenvalue weighted by atomic mass is 9.99. The maximum atomic E-state index is 14.7. The Morgan fingerprint density at radius 2 is 1.72 bits per heavy atom. The van der Waals surface area contributed by atoms with E-state index in [0.29, 0.717) is 58.9 Å². The lowest BCUT2D eigenvalue weighted by molar-refractivity contribution is 0.0499. The van der Waals surface area contributed by atoms with Gasteiger partial charge in [0.2, 0.25) is 0 Å². The average Bonchev–Trinajstić information content (AvgIpc) is 3.77. The number of nitrogen functional groups attached to an aromatic ring is 1. The van der Waals surface area contributed by atoms with Crippen LogP contribution in [0.2, 0.25) is 10.0 Å². The first-order valence-electron chi connectivity index (χ1n) is 17.8. The van der Waals surface area contributed by atoms with Gasteiger partial charge in [-0.05, 0) is 74.2 Å². The van der Waals surface area contributed by atoms with Gasteiger partial charge in [0.1, 0.15) is 5.69 Å². The molecule has 0 radical (unpaired) electrons. The Hall–Kier alpha value is -5.45. The third kappa shape index (κ3) is 6.80. The maximum absolute atomic E-state index is 14.7. The molecule has 4 aromatic carbocycles. The average molecular weight is 749 g/mol. The largest absolute Gasteiger partial charge is 0.449 e. The number of H-pyrrole nitrogens is 1. The van der Waals surface area contributed by atoms with Gasteiger partial charge in [-0.2, -0.15) is 0 Å². The number of aromatic nitrogens is 3. The van der Waals surface area contributed by atoms with Crippen LogP contribution in [0.3, 0.4) is 0 Å². The topological polar surface area (TPSA) is 122 Å². The Labute approximate surface area is 317 Å². The lowest BCUT2D eigenvalue weighted by Crippen LogP contribution is -2.50. The normalized spacial score (nSPS) is 15.8. The van der Waals surface area contributed by atoms with Crippen molar-refractivity contribution in [3.05, 3.63) is 119 Å². The smallest absolute Gasteiger partial charge is 0.410 e. The molecule has 0 unspecified atom stereocenters. The van der Waals surface area contributed by atoms with Crippen molar-refractivity contribution in [3.8, 4) is 22.5 Å². The van der Waals surface area contributed by atoms with Crippen molar-refractivity contribution in [3.63, 3.8) is 0 Å². The molecule has 10 nitrogen and oxygen atoms in total. The van der Waals surface area contributed by atoms with Crippen LogP contribution < -0.4 is 16.0 Å². The van der Waals surface area contributed by atoms with Crippen molar-refractivity contribution in [2.45, 2.75) is 38.3 Å². The van der Waals surface area contributed by atoms with Crippen LogP contribution in [0.4, 0.5) is 21.9 Å². The highest BCUT2D eigenvalue weighted by Crippen LogP contribution is 2.42. The summed E-state index contributed by atoms with van der Waals surface area (Å²) < 4.78 is 7.41. The van der Waals surface area contributed by atoms with Crippen LogP contribution in [0.15, 0.2) is 97.3 Å². The van der Waals surface area contributed by atoms with Crippen molar-refractivity contribution in [1.82, 2.24) is 19.4 Å². The number of aromatic amines is 1. The zero-order valence-corrected chi connectivity index (χ0v) is 30.7. The van der Waals surface area contributed by atoms with Gasteiger partial charge in [-0.1, -0.05) is 71.7 Å². The van der Waals surface area contributed by atoms with Crippen LogP contribution in [-0.2, 0) is 4.74 Å². The van der Waals surface area contributed by atoms with Crippen molar-refractivity contribution in [2.24, 2.45) is 0 Å². The number of amides is 2. The first kappa shape index (κ1) is 34.6. The van der Waals surface area contributed by atoms with Gasteiger partial charge in [0, 0.05) is 63.4 Å². The summed E-state index contributed by atoms with van der Waals surface area (Å²) in [6.07, 6.45) is 4.02. The fourth-order valence-electron chi connectivity index (χ4n) is 7.63. The van der Waals surface area contributed by atoms with Gasteiger partial charge in [0.05, 0.1) is 41.7 Å². The number of nitrogens with two attached hydrogens (primary N) is 1. The standard InChI is InChI=1S/C41H39Cl2N7O3/c1-25(26-8-10-28(42)11-9-26)50-24-45-37(27-6-3-2-4-7-27)39(50)36-32-14-12-29(43)22-33(32)46-38(36)40(51)47-34-23-30(44)13-15-35(34)48-19-16-31(17-20-48)49-18-5-21-53-41(49)52/h2-4,6-15,22-25,31,46H,5,16-21,44H2,1H3,(H,47,51)/t25-/m0/s1. The number of halogens is 2. The Balaban J connectivity index is 1.19. The molecule has 0 aliphatic carbocycles. The van der Waals surface area contributed by atoms with Crippen molar-refractivity contribution in [1.29, 1.82) is 0 Å². The van der Waals surface area contributed by atoms with Crippen LogP contribution in [0.25, 0.3) is 33.4 Å². The highest BCUT2D eigenvalue weighted by atomic mass is 35.5. The summed E-state index contributed by atoms with van der Waals surface area (Å²) in [5.74, 6) is -0.337. The van der Waals surface area contributed by atoms with E-state index in [2.05, 4.69) is 26.7 Å². The number of anilines is 3. The van der Waals surface area contributed by atoms with E-state index >= 15 is 0 Å². The third-order valence-corrected chi connectivity index (χ3v) is 10.8. The molecular weight excluding hydrogens is 709 g/mol. The quantitative estimate of drug-likeness (QED) is 0.134. The Kier molecular flexibility index (Phi) is 9.49. The van der Waals surface area contributed by atoms with Crippen LogP contribution in [0, 0.1) is 0 Å². The highest BCUT2D eigenvalue weighted by Gasteiger charge is 2.32. The predicted molar refractivity (Wildman–Crippen MR) is 212 cm³/mol. The highest BCUT2D eigenvalue weighted by molar-refractivity contribution is 6.31. The van der Waals surface area contributed by atoms with Gasteiger partial charge < -0.3 is 35.1 Å². The molecule has 2 aliphatic heterocycles. The second kappa shape index (κ2) is 14.5. The summed E-state index contributed by atoms with van der Waals surface area (Å²) in [4.78, 5) is 39.6. The van der Waals surface area contributed by atoms with Gasteiger partial charge in [0.15, 0.2) is 0 Å². The monoisotopic (exact) mass is 747 g/mol. The molecule has 1 atom stereocenters. The number of hydrogen-bond donors (Lipinski definition) is 3. The predicted octanol–water partition coefficient (Wildman–Crippen LogP) is 9.26. The SMILES string of the molecule is C[C@@H](c1ccc(Cl)cc1)n1cnc(-c2ccccc2)c1-c1c(C(=O)Nc2cc(N)ccc2N2CCC(N3CCCOC3=O)CC2)[nH]c2cc(Cl)ccc12. The van der Waals surface area contributed by atoms with E-state index in [1.165, 1.54) is 0 Å². The van der Waals surface area contributed by atoms with Crippen LogP contribution in [0.5, 0.6) is 0 Å². The Bertz CT molecular complexity index is 2300. The summed E-state index contributed by atoms with van der Waals surface area (Å²) >= 11 is 12.8. The minimum atomic E-state index is -0.337. The number of carbonyl (C=O) groups is 2. The van der Waals surface area contributed by atoms with E-state index in [0.717, 1.165) is 58.4 Å². The zero-order chi connectivity index (χ0) is 36.6. The minimum Gasteiger partial charge on any atom is -0.449 e. The molecular formula is C41H39Cl2N7O3. The van der Waals surface area contributed by atoms with Gasteiger partial charge in [-0.3, -0.25) is 4.79 Å². The molecule has 2 aliphatic rings. The van der Waals surface area contributed by atoms with Crippen LogP contribution in [-0.4, -0.2) is 63.7 Å². The minimum absolute atomic E-state index is 0.116. The molecule has 4 N–H and O–H groups in total. The number of piperidine rings is 1. The van der Waals surface area contributed by atoms with E-state index in [9.17, 15) is 9.59 Å². The summed E-state index contributed by atoms with van der Waals surface area (Å²) in [5, 5.41) is 5.24. The van der Waals surface area contributed by atoms with Crippen molar-refractivity contribution < 1.29 is 14.3 Å². The number of ether oxygens (including phenoxy) is 1. The maximum Gasteiger partial charge on any atom is 0.410 e. The zero-order valence-electron chi connectivity index (χ0n) is 29.2. The summed E-state index contributed by atoms with van der Waals surface area (Å²) in [7, 11) is 0. The molecule has 2 amide bonds. The van der Waals surface area contributed by atoms with E-state index in [1.807, 2.05) is 96.2 Å². The Morgan fingerprint density at radius 3 is 2.47 bits per heavy atom. The first-order chi connectivity index (χ1) is 25.7. The third-order valence-electron chi connectivity index (χ3n) is 10.4. The second-order valence-corrected chi connectivity index (χ2v) is 14.5. The fraction of sp³-hybridized carbons (Fsp3) is 0.244. The molecule has 6 aromatic rings. The molecule has 2 saturated heterocycles. The summed E-state index contributed by atoms with van der Waals surface area (Å²) in [6, 6.07) is 28.9. The molecule has 270 valence electrons. The van der Waals surface area contributed by atoms with E-state index < -0.39 is 0 Å². The molecule has 2 aromatic heterocycles. The van der Waals surface area contributed by atoms with Crippen molar-refractivity contribution in [2.75, 3.05) is 42.2 Å². The molecule has 12 heteroatoms. The Morgan fingerprint density at radius 1 is 0.962 bits per heavy atom. The van der Waals surface area contributed by atoms with Gasteiger partial charge in [0.25, 0.3) is 5.91 Å². The molecule has 0 bridgehead atoms. The molecule has 0 saturated carbocycles. The number of imidazole rings is 1. The number of nitrogens with one attached hydrogen (secondary N) is 2. The number of rotatable bonds is 8. The number of benzene rings is 4. The number of fused-ring (bicyclic) bond motifs is 1. The number of cyclic esters (lactones) is 1.